The Morgan fingerprint density at radius 1 is 1.26 bits per heavy atom. The summed E-state index contributed by atoms with van der Waals surface area (Å²) in [7, 11) is 0. The Hall–Kier alpha value is -2.28. The lowest BCUT2D eigenvalue weighted by atomic mass is 10.2. The van der Waals surface area contributed by atoms with Crippen molar-refractivity contribution >= 4 is 23.5 Å². The summed E-state index contributed by atoms with van der Waals surface area (Å²) < 4.78 is 4.99. The van der Waals surface area contributed by atoms with E-state index in [9.17, 15) is 9.59 Å². The Kier molecular flexibility index (Phi) is 7.91. The molecule has 0 unspecified atom stereocenters. The Balaban J connectivity index is 2.03. The van der Waals surface area contributed by atoms with Gasteiger partial charge in [0.1, 0.15) is 6.61 Å². The third-order valence-corrected chi connectivity index (χ3v) is 4.62. The predicted molar refractivity (Wildman–Crippen MR) is 108 cm³/mol. The molecule has 1 aliphatic heterocycles. The van der Waals surface area contributed by atoms with E-state index in [1.807, 2.05) is 29.2 Å². The van der Waals surface area contributed by atoms with Crippen molar-refractivity contribution in [2.24, 2.45) is 5.92 Å². The van der Waals surface area contributed by atoms with Crippen molar-refractivity contribution in [3.05, 3.63) is 24.3 Å². The maximum atomic E-state index is 12.8. The molecule has 0 aliphatic carbocycles. The van der Waals surface area contributed by atoms with E-state index in [1.165, 1.54) is 0 Å². The molecule has 1 fully saturated rings. The van der Waals surface area contributed by atoms with Gasteiger partial charge in [0.15, 0.2) is 0 Å². The molecule has 1 N–H and O–H groups in total. The number of carbonyl (C=O) groups excluding carboxylic acids is 2. The van der Waals surface area contributed by atoms with Crippen molar-refractivity contribution in [1.29, 1.82) is 0 Å². The topological polar surface area (TPSA) is 65.1 Å². The number of anilines is 2. The SMILES string of the molecule is CCN(CC)CCN(CC(C)C)C(=O)Nc1cccc(N2CCOC2=O)c1. The zero-order chi connectivity index (χ0) is 19.8. The molecule has 0 bridgehead atoms. The van der Waals surface area contributed by atoms with E-state index in [0.717, 1.165) is 25.3 Å². The van der Waals surface area contributed by atoms with Crippen molar-refractivity contribution in [2.75, 3.05) is 56.1 Å². The number of cyclic esters (lactones) is 1. The number of ether oxygens (including phenoxy) is 1. The Morgan fingerprint density at radius 3 is 2.59 bits per heavy atom. The average Bonchev–Trinajstić information content (AvgIpc) is 3.07. The number of likely N-dealkylation sites (N-methyl/N-ethyl adjacent to an activating group) is 1. The van der Waals surface area contributed by atoms with Crippen LogP contribution in [0.3, 0.4) is 0 Å². The number of amides is 3. The molecule has 1 aromatic carbocycles. The predicted octanol–water partition coefficient (Wildman–Crippen LogP) is 3.47. The standard InChI is InChI=1S/C20H32N4O3/c1-5-22(6-2)10-11-23(15-16(3)4)19(25)21-17-8-7-9-18(14-17)24-12-13-27-20(24)26/h7-9,14,16H,5-6,10-13,15H2,1-4H3,(H,21,25). The van der Waals surface area contributed by atoms with Crippen molar-refractivity contribution in [2.45, 2.75) is 27.7 Å². The van der Waals surface area contributed by atoms with Gasteiger partial charge in [-0.15, -0.1) is 0 Å². The summed E-state index contributed by atoms with van der Waals surface area (Å²) in [4.78, 5) is 30.3. The van der Waals surface area contributed by atoms with E-state index in [-0.39, 0.29) is 12.1 Å². The van der Waals surface area contributed by atoms with Gasteiger partial charge in [0, 0.05) is 31.0 Å². The number of hydrogen-bond acceptors (Lipinski definition) is 4. The van der Waals surface area contributed by atoms with Gasteiger partial charge in [-0.2, -0.15) is 0 Å². The van der Waals surface area contributed by atoms with Crippen molar-refractivity contribution < 1.29 is 14.3 Å². The minimum Gasteiger partial charge on any atom is -0.447 e. The van der Waals surface area contributed by atoms with Gasteiger partial charge in [-0.3, -0.25) is 4.90 Å². The van der Waals surface area contributed by atoms with E-state index in [2.05, 4.69) is 37.9 Å². The highest BCUT2D eigenvalue weighted by atomic mass is 16.6. The van der Waals surface area contributed by atoms with Crippen molar-refractivity contribution in [3.8, 4) is 0 Å². The minimum absolute atomic E-state index is 0.114. The third-order valence-electron chi connectivity index (χ3n) is 4.62. The van der Waals surface area contributed by atoms with Gasteiger partial charge in [-0.1, -0.05) is 33.8 Å². The highest BCUT2D eigenvalue weighted by molar-refractivity contribution is 5.93. The van der Waals surface area contributed by atoms with Crippen LogP contribution in [0.4, 0.5) is 21.0 Å². The normalized spacial score (nSPS) is 14.0. The quantitative estimate of drug-likeness (QED) is 0.717. The van der Waals surface area contributed by atoms with Gasteiger partial charge < -0.3 is 19.9 Å². The second-order valence-corrected chi connectivity index (χ2v) is 7.11. The fourth-order valence-electron chi connectivity index (χ4n) is 3.10. The second-order valence-electron chi connectivity index (χ2n) is 7.11. The summed E-state index contributed by atoms with van der Waals surface area (Å²) >= 11 is 0. The zero-order valence-electron chi connectivity index (χ0n) is 16.9. The molecule has 2 rings (SSSR count). The largest absolute Gasteiger partial charge is 0.447 e. The first-order valence-electron chi connectivity index (χ1n) is 9.77. The average molecular weight is 377 g/mol. The van der Waals surface area contributed by atoms with Gasteiger partial charge >= 0.3 is 12.1 Å². The fraction of sp³-hybridized carbons (Fsp3) is 0.600. The van der Waals surface area contributed by atoms with E-state index in [0.29, 0.717) is 37.8 Å². The molecule has 1 aliphatic rings. The minimum atomic E-state index is -0.348. The van der Waals surface area contributed by atoms with Gasteiger partial charge in [-0.25, -0.2) is 9.59 Å². The van der Waals surface area contributed by atoms with E-state index in [4.69, 9.17) is 4.74 Å². The number of benzene rings is 1. The van der Waals surface area contributed by atoms with Crippen LogP contribution in [0.15, 0.2) is 24.3 Å². The van der Waals surface area contributed by atoms with Crippen molar-refractivity contribution in [1.82, 2.24) is 9.80 Å². The lowest BCUT2D eigenvalue weighted by molar-refractivity contribution is 0.181. The fourth-order valence-corrected chi connectivity index (χ4v) is 3.10. The Labute approximate surface area is 162 Å². The molecule has 0 radical (unpaired) electrons. The lowest BCUT2D eigenvalue weighted by Crippen LogP contribution is -2.42. The number of nitrogens with one attached hydrogen (secondary N) is 1. The molecule has 0 aromatic heterocycles. The summed E-state index contributed by atoms with van der Waals surface area (Å²) in [6.07, 6.45) is -0.348. The number of hydrogen-bond donors (Lipinski definition) is 1. The zero-order valence-corrected chi connectivity index (χ0v) is 16.9. The first-order chi connectivity index (χ1) is 12.9. The van der Waals surface area contributed by atoms with Crippen LogP contribution in [0.5, 0.6) is 0 Å². The number of carbonyl (C=O) groups is 2. The van der Waals surface area contributed by atoms with E-state index >= 15 is 0 Å². The van der Waals surface area contributed by atoms with E-state index < -0.39 is 0 Å². The number of rotatable bonds is 9. The van der Waals surface area contributed by atoms with Crippen LogP contribution >= 0.6 is 0 Å². The molecule has 27 heavy (non-hydrogen) atoms. The monoisotopic (exact) mass is 376 g/mol. The molecule has 0 saturated carbocycles. The van der Waals surface area contributed by atoms with Crippen LogP contribution in [0.25, 0.3) is 0 Å². The first kappa shape index (κ1) is 21.0. The molecule has 0 atom stereocenters. The molecule has 150 valence electrons. The maximum Gasteiger partial charge on any atom is 0.414 e. The molecular formula is C20H32N4O3. The maximum absolute atomic E-state index is 12.8. The van der Waals surface area contributed by atoms with Crippen LogP contribution in [-0.4, -0.2) is 67.8 Å². The molecule has 1 aromatic rings. The second kappa shape index (κ2) is 10.2. The highest BCUT2D eigenvalue weighted by Crippen LogP contribution is 2.22. The Morgan fingerprint density at radius 2 is 2.00 bits per heavy atom. The molecule has 7 heteroatoms. The van der Waals surface area contributed by atoms with Crippen LogP contribution in [0.2, 0.25) is 0 Å². The lowest BCUT2D eigenvalue weighted by Gasteiger charge is -2.28. The molecule has 1 saturated heterocycles. The Bertz CT molecular complexity index is 631. The molecule has 0 spiro atoms. The smallest absolute Gasteiger partial charge is 0.414 e. The molecule has 1 heterocycles. The van der Waals surface area contributed by atoms with E-state index in [1.54, 1.807) is 4.90 Å². The molecule has 3 amide bonds. The van der Waals surface area contributed by atoms with Gasteiger partial charge in [0.25, 0.3) is 0 Å². The van der Waals surface area contributed by atoms with Crippen LogP contribution in [0.1, 0.15) is 27.7 Å². The van der Waals surface area contributed by atoms with Crippen LogP contribution < -0.4 is 10.2 Å². The van der Waals surface area contributed by atoms with Gasteiger partial charge in [0.2, 0.25) is 0 Å². The number of nitrogens with zero attached hydrogens (tertiary/aromatic N) is 3. The summed E-state index contributed by atoms with van der Waals surface area (Å²) in [5.74, 6) is 0.387. The molecule has 7 nitrogen and oxygen atoms in total. The van der Waals surface area contributed by atoms with Crippen LogP contribution in [0, 0.1) is 5.92 Å². The highest BCUT2D eigenvalue weighted by Gasteiger charge is 2.24. The van der Waals surface area contributed by atoms with Gasteiger partial charge in [-0.05, 0) is 37.2 Å². The molecular weight excluding hydrogens is 344 g/mol. The van der Waals surface area contributed by atoms with Crippen LogP contribution in [-0.2, 0) is 4.74 Å². The summed E-state index contributed by atoms with van der Waals surface area (Å²) in [5.41, 5.74) is 1.41. The number of urea groups is 1. The third kappa shape index (κ3) is 6.13. The summed E-state index contributed by atoms with van der Waals surface area (Å²) in [6.45, 7) is 13.6. The summed E-state index contributed by atoms with van der Waals surface area (Å²) in [6, 6.07) is 7.20. The first-order valence-corrected chi connectivity index (χ1v) is 9.77. The summed E-state index contributed by atoms with van der Waals surface area (Å²) in [5, 5.41) is 2.98. The van der Waals surface area contributed by atoms with Gasteiger partial charge in [0.05, 0.1) is 6.54 Å². The van der Waals surface area contributed by atoms with Crippen molar-refractivity contribution in [3.63, 3.8) is 0 Å².